The highest BCUT2D eigenvalue weighted by Gasteiger charge is 2.44. The van der Waals surface area contributed by atoms with Gasteiger partial charge in [0.25, 0.3) is 0 Å². The van der Waals surface area contributed by atoms with Gasteiger partial charge in [0.15, 0.2) is 0 Å². The summed E-state index contributed by atoms with van der Waals surface area (Å²) in [6.07, 6.45) is 7.10. The molecule has 3 fully saturated rings. The molecule has 1 saturated heterocycles. The standard InChI is InChI=1S/C16H28N2O2/c1-18(10-14-9-12-2-3-13(14)8-12)15(19)16(11-17)4-6-20-7-5-16/h12-14H,2-11,17H2,1H3. The summed E-state index contributed by atoms with van der Waals surface area (Å²) >= 11 is 0. The van der Waals surface area contributed by atoms with Crippen LogP contribution >= 0.6 is 0 Å². The zero-order chi connectivity index (χ0) is 14.2. The zero-order valence-corrected chi connectivity index (χ0v) is 12.6. The maximum absolute atomic E-state index is 12.8. The van der Waals surface area contributed by atoms with Crippen LogP contribution in [-0.4, -0.2) is 44.2 Å². The van der Waals surface area contributed by atoms with Crippen LogP contribution in [0.25, 0.3) is 0 Å². The van der Waals surface area contributed by atoms with Gasteiger partial charge in [-0.3, -0.25) is 4.79 Å². The van der Waals surface area contributed by atoms with Gasteiger partial charge in [-0.1, -0.05) is 6.42 Å². The molecule has 1 aliphatic heterocycles. The van der Waals surface area contributed by atoms with Crippen molar-refractivity contribution in [1.29, 1.82) is 0 Å². The molecule has 3 unspecified atom stereocenters. The monoisotopic (exact) mass is 280 g/mol. The zero-order valence-electron chi connectivity index (χ0n) is 12.6. The van der Waals surface area contributed by atoms with E-state index in [9.17, 15) is 4.79 Å². The maximum atomic E-state index is 12.8. The second-order valence-electron chi connectivity index (χ2n) is 7.22. The third-order valence-corrected chi connectivity index (χ3v) is 6.03. The number of hydrogen-bond donors (Lipinski definition) is 1. The largest absolute Gasteiger partial charge is 0.381 e. The Hall–Kier alpha value is -0.610. The summed E-state index contributed by atoms with van der Waals surface area (Å²) in [6, 6.07) is 0. The highest BCUT2D eigenvalue weighted by Crippen LogP contribution is 2.48. The van der Waals surface area contributed by atoms with Crippen molar-refractivity contribution in [3.63, 3.8) is 0 Å². The molecule has 2 bridgehead atoms. The second kappa shape index (κ2) is 5.64. The Labute approximate surface area is 122 Å². The van der Waals surface area contributed by atoms with Gasteiger partial charge in [-0.05, 0) is 49.9 Å². The van der Waals surface area contributed by atoms with E-state index in [0.29, 0.717) is 19.8 Å². The lowest BCUT2D eigenvalue weighted by Gasteiger charge is -2.39. The third-order valence-electron chi connectivity index (χ3n) is 6.03. The summed E-state index contributed by atoms with van der Waals surface area (Å²) < 4.78 is 5.40. The van der Waals surface area contributed by atoms with Crippen molar-refractivity contribution in [3.05, 3.63) is 0 Å². The number of carbonyl (C=O) groups excluding carboxylic acids is 1. The van der Waals surface area contributed by atoms with Gasteiger partial charge >= 0.3 is 0 Å². The molecule has 0 radical (unpaired) electrons. The predicted octanol–water partition coefficient (Wildman–Crippen LogP) is 1.64. The fourth-order valence-electron chi connectivity index (χ4n) is 4.71. The summed E-state index contributed by atoms with van der Waals surface area (Å²) in [5.74, 6) is 2.81. The van der Waals surface area contributed by atoms with Crippen LogP contribution in [0.5, 0.6) is 0 Å². The molecule has 0 aromatic heterocycles. The molecule has 3 aliphatic rings. The fraction of sp³-hybridized carbons (Fsp3) is 0.938. The van der Waals surface area contributed by atoms with Gasteiger partial charge in [-0.25, -0.2) is 0 Å². The predicted molar refractivity (Wildman–Crippen MR) is 78.1 cm³/mol. The van der Waals surface area contributed by atoms with Crippen LogP contribution in [0.15, 0.2) is 0 Å². The van der Waals surface area contributed by atoms with E-state index >= 15 is 0 Å². The highest BCUT2D eigenvalue weighted by molar-refractivity contribution is 5.83. The Morgan fingerprint density at radius 2 is 2.05 bits per heavy atom. The molecule has 4 heteroatoms. The van der Waals surface area contributed by atoms with Crippen LogP contribution in [0.4, 0.5) is 0 Å². The number of nitrogens with two attached hydrogens (primary N) is 1. The minimum absolute atomic E-state index is 0.256. The highest BCUT2D eigenvalue weighted by atomic mass is 16.5. The van der Waals surface area contributed by atoms with E-state index in [4.69, 9.17) is 10.5 Å². The lowest BCUT2D eigenvalue weighted by atomic mass is 9.78. The number of amides is 1. The van der Waals surface area contributed by atoms with Crippen LogP contribution in [0.1, 0.15) is 38.5 Å². The van der Waals surface area contributed by atoms with E-state index in [2.05, 4.69) is 0 Å². The molecule has 2 aliphatic carbocycles. The molecular formula is C16H28N2O2. The van der Waals surface area contributed by atoms with Crippen LogP contribution in [0.3, 0.4) is 0 Å². The molecule has 1 heterocycles. The first-order valence-corrected chi connectivity index (χ1v) is 8.18. The Kier molecular flexibility index (Phi) is 4.04. The first kappa shape index (κ1) is 14.3. The lowest BCUT2D eigenvalue weighted by molar-refractivity contribution is -0.146. The molecule has 4 nitrogen and oxygen atoms in total. The molecule has 0 spiro atoms. The number of nitrogens with zero attached hydrogens (tertiary/aromatic N) is 1. The summed E-state index contributed by atoms with van der Waals surface area (Å²) in [5.41, 5.74) is 5.59. The molecular weight excluding hydrogens is 252 g/mol. The van der Waals surface area contributed by atoms with E-state index in [-0.39, 0.29) is 11.3 Å². The topological polar surface area (TPSA) is 55.6 Å². The van der Waals surface area contributed by atoms with Gasteiger partial charge in [0, 0.05) is 33.4 Å². The van der Waals surface area contributed by atoms with Crippen molar-refractivity contribution in [2.24, 2.45) is 28.9 Å². The Balaban J connectivity index is 1.61. The minimum atomic E-state index is -0.357. The first-order chi connectivity index (χ1) is 9.64. The summed E-state index contributed by atoms with van der Waals surface area (Å²) in [5, 5.41) is 0. The Bertz CT molecular complexity index is 365. The van der Waals surface area contributed by atoms with Gasteiger partial charge < -0.3 is 15.4 Å². The van der Waals surface area contributed by atoms with Crippen LogP contribution in [0, 0.1) is 23.2 Å². The Morgan fingerprint density at radius 1 is 1.30 bits per heavy atom. The molecule has 3 rings (SSSR count). The summed E-state index contributed by atoms with van der Waals surface area (Å²) in [7, 11) is 1.97. The van der Waals surface area contributed by atoms with Gasteiger partial charge in [0.2, 0.25) is 5.91 Å². The number of fused-ring (bicyclic) bond motifs is 2. The number of ether oxygens (including phenoxy) is 1. The van der Waals surface area contributed by atoms with Crippen molar-refractivity contribution in [2.45, 2.75) is 38.5 Å². The number of rotatable bonds is 4. The minimum Gasteiger partial charge on any atom is -0.381 e. The molecule has 114 valence electrons. The second-order valence-corrected chi connectivity index (χ2v) is 7.22. The van der Waals surface area contributed by atoms with Crippen LogP contribution in [-0.2, 0) is 9.53 Å². The normalized spacial score (nSPS) is 35.2. The maximum Gasteiger partial charge on any atom is 0.229 e. The van der Waals surface area contributed by atoms with Gasteiger partial charge in [0.1, 0.15) is 0 Å². The number of hydrogen-bond acceptors (Lipinski definition) is 3. The molecule has 20 heavy (non-hydrogen) atoms. The summed E-state index contributed by atoms with van der Waals surface area (Å²) in [4.78, 5) is 14.8. The van der Waals surface area contributed by atoms with Crippen molar-refractivity contribution < 1.29 is 9.53 Å². The third kappa shape index (κ3) is 2.48. The van der Waals surface area contributed by atoms with E-state index in [1.54, 1.807) is 0 Å². The van der Waals surface area contributed by atoms with Crippen molar-refractivity contribution in [1.82, 2.24) is 4.90 Å². The molecule has 2 saturated carbocycles. The fourth-order valence-corrected chi connectivity index (χ4v) is 4.71. The number of carbonyl (C=O) groups is 1. The molecule has 1 amide bonds. The summed E-state index contributed by atoms with van der Waals surface area (Å²) in [6.45, 7) is 2.73. The average molecular weight is 280 g/mol. The van der Waals surface area contributed by atoms with E-state index < -0.39 is 0 Å². The molecule has 0 aromatic carbocycles. The molecule has 3 atom stereocenters. The molecule has 0 aromatic rings. The van der Waals surface area contributed by atoms with Gasteiger partial charge in [-0.2, -0.15) is 0 Å². The Morgan fingerprint density at radius 3 is 2.60 bits per heavy atom. The van der Waals surface area contributed by atoms with Crippen molar-refractivity contribution in [3.8, 4) is 0 Å². The van der Waals surface area contributed by atoms with Crippen molar-refractivity contribution in [2.75, 3.05) is 33.4 Å². The lowest BCUT2D eigenvalue weighted by Crippen LogP contribution is -2.50. The van der Waals surface area contributed by atoms with Crippen LogP contribution < -0.4 is 5.73 Å². The van der Waals surface area contributed by atoms with Crippen molar-refractivity contribution >= 4 is 5.91 Å². The quantitative estimate of drug-likeness (QED) is 0.851. The van der Waals surface area contributed by atoms with E-state index in [1.807, 2.05) is 11.9 Å². The van der Waals surface area contributed by atoms with Gasteiger partial charge in [0.05, 0.1) is 5.41 Å². The van der Waals surface area contributed by atoms with Crippen LogP contribution in [0.2, 0.25) is 0 Å². The van der Waals surface area contributed by atoms with E-state index in [1.165, 1.54) is 25.7 Å². The first-order valence-electron chi connectivity index (χ1n) is 8.18. The molecule has 2 N–H and O–H groups in total. The average Bonchev–Trinajstić information content (AvgIpc) is 3.09. The SMILES string of the molecule is CN(CC1CC2CCC1C2)C(=O)C1(CN)CCOCC1. The van der Waals surface area contributed by atoms with E-state index in [0.717, 1.165) is 37.1 Å². The smallest absolute Gasteiger partial charge is 0.229 e. The van der Waals surface area contributed by atoms with Gasteiger partial charge in [-0.15, -0.1) is 0 Å².